The van der Waals surface area contributed by atoms with Crippen molar-refractivity contribution < 1.29 is 13.2 Å². The molecule has 0 heterocycles. The molecule has 3 aromatic carbocycles. The van der Waals surface area contributed by atoms with Crippen LogP contribution >= 0.6 is 0 Å². The zero-order valence-electron chi connectivity index (χ0n) is 28.3. The van der Waals surface area contributed by atoms with Gasteiger partial charge in [0.1, 0.15) is 5.82 Å². The van der Waals surface area contributed by atoms with E-state index in [1.807, 2.05) is 36.4 Å². The van der Waals surface area contributed by atoms with Gasteiger partial charge in [-0.25, -0.2) is 13.2 Å². The second-order valence-corrected chi connectivity index (χ2v) is 14.3. The summed E-state index contributed by atoms with van der Waals surface area (Å²) in [5.74, 6) is 1.24. The van der Waals surface area contributed by atoms with Crippen LogP contribution in [0.3, 0.4) is 0 Å². The number of unbranched alkanes of at least 4 members (excludes halogenated alkanes) is 5. The van der Waals surface area contributed by atoms with E-state index >= 15 is 8.78 Å². The molecule has 0 radical (unpaired) electrons. The third-order valence-corrected chi connectivity index (χ3v) is 11.2. The van der Waals surface area contributed by atoms with Gasteiger partial charge >= 0.3 is 0 Å². The molecule has 2 aliphatic rings. The fourth-order valence-electron chi connectivity index (χ4n) is 8.33. The molecule has 2 saturated carbocycles. The first kappa shape index (κ1) is 34.5. The smallest absolute Gasteiger partial charge is 0.166 e. The molecule has 0 amide bonds. The summed E-state index contributed by atoms with van der Waals surface area (Å²) in [5.41, 5.74) is 3.89. The molecule has 2 fully saturated rings. The molecular formula is C43H55F3. The maximum Gasteiger partial charge on any atom is 0.166 e. The fraction of sp³-hybridized carbons (Fsp3) is 0.535. The largest absolute Gasteiger partial charge is 0.207 e. The second-order valence-electron chi connectivity index (χ2n) is 14.3. The van der Waals surface area contributed by atoms with Gasteiger partial charge in [0, 0.05) is 5.56 Å². The molecule has 46 heavy (non-hydrogen) atoms. The SMILES string of the molecule is CC=CCCC1CCC(C2CCC(c3ccc(-c4ccc(-c5ccc(CCCCCCCC)c(F)c5F)cc4)cc3F)CC2)CC1. The van der Waals surface area contributed by atoms with Gasteiger partial charge in [-0.05, 0) is 129 Å². The van der Waals surface area contributed by atoms with Crippen LogP contribution in [-0.4, -0.2) is 0 Å². The third kappa shape index (κ3) is 8.96. The highest BCUT2D eigenvalue weighted by Crippen LogP contribution is 2.45. The molecule has 0 unspecified atom stereocenters. The minimum atomic E-state index is -0.783. The van der Waals surface area contributed by atoms with Crippen molar-refractivity contribution in [3.8, 4) is 22.3 Å². The average Bonchev–Trinajstić information content (AvgIpc) is 3.09. The Kier molecular flexibility index (Phi) is 13.0. The van der Waals surface area contributed by atoms with E-state index in [2.05, 4.69) is 26.0 Å². The Balaban J connectivity index is 1.14. The lowest BCUT2D eigenvalue weighted by Gasteiger charge is -2.38. The maximum atomic E-state index is 15.5. The van der Waals surface area contributed by atoms with E-state index in [-0.39, 0.29) is 11.4 Å². The van der Waals surface area contributed by atoms with Crippen LogP contribution in [0.5, 0.6) is 0 Å². The van der Waals surface area contributed by atoms with Gasteiger partial charge in [-0.2, -0.15) is 0 Å². The fourth-order valence-corrected chi connectivity index (χ4v) is 8.33. The van der Waals surface area contributed by atoms with E-state index in [9.17, 15) is 4.39 Å². The summed E-state index contributed by atoms with van der Waals surface area (Å²) in [4.78, 5) is 0. The Morgan fingerprint density at radius 1 is 0.652 bits per heavy atom. The molecule has 0 saturated heterocycles. The highest BCUT2D eigenvalue weighted by Gasteiger charge is 2.32. The minimum Gasteiger partial charge on any atom is -0.207 e. The monoisotopic (exact) mass is 628 g/mol. The second kappa shape index (κ2) is 17.4. The number of aryl methyl sites for hydroxylation is 1. The van der Waals surface area contributed by atoms with Gasteiger partial charge in [0.15, 0.2) is 11.6 Å². The van der Waals surface area contributed by atoms with Crippen LogP contribution in [0.4, 0.5) is 13.2 Å². The van der Waals surface area contributed by atoms with E-state index in [4.69, 9.17) is 0 Å². The van der Waals surface area contributed by atoms with E-state index in [1.165, 1.54) is 70.6 Å². The van der Waals surface area contributed by atoms with Crippen LogP contribution in [0.2, 0.25) is 0 Å². The normalized spacial score (nSPS) is 22.0. The zero-order chi connectivity index (χ0) is 32.3. The molecule has 5 rings (SSSR count). The molecule has 0 atom stereocenters. The molecule has 2 aliphatic carbocycles. The van der Waals surface area contributed by atoms with Crippen molar-refractivity contribution in [1.82, 2.24) is 0 Å². The van der Waals surface area contributed by atoms with Crippen LogP contribution < -0.4 is 0 Å². The maximum absolute atomic E-state index is 15.5. The number of halogens is 3. The lowest BCUT2D eigenvalue weighted by Crippen LogP contribution is -2.25. The van der Waals surface area contributed by atoms with Crippen LogP contribution in [0.15, 0.2) is 66.7 Å². The average molecular weight is 629 g/mol. The minimum absolute atomic E-state index is 0.124. The van der Waals surface area contributed by atoms with Crippen molar-refractivity contribution in [1.29, 1.82) is 0 Å². The summed E-state index contributed by atoms with van der Waals surface area (Å²) in [6, 6.07) is 16.5. The van der Waals surface area contributed by atoms with Crippen LogP contribution in [0.1, 0.15) is 134 Å². The standard InChI is InChI=1S/C43H55F3/c1-3-5-7-8-9-11-13-37-26-29-40(43(46)42(37)45)36-24-20-34(21-25-36)38-27-28-39(41(44)30-38)35-22-18-33(19-23-35)32-16-14-31(15-17-32)12-10-6-4-2/h4,6,20-21,24-33,35H,3,5,7-19,22-23H2,1-2H3. The van der Waals surface area contributed by atoms with Crippen LogP contribution in [-0.2, 0) is 6.42 Å². The van der Waals surface area contributed by atoms with Gasteiger partial charge in [0.05, 0.1) is 0 Å². The van der Waals surface area contributed by atoms with Crippen LogP contribution in [0.25, 0.3) is 22.3 Å². The summed E-state index contributed by atoms with van der Waals surface area (Å²) in [7, 11) is 0. The Morgan fingerprint density at radius 2 is 1.28 bits per heavy atom. The van der Waals surface area contributed by atoms with Gasteiger partial charge in [-0.1, -0.05) is 113 Å². The number of hydrogen-bond donors (Lipinski definition) is 0. The van der Waals surface area contributed by atoms with E-state index in [1.54, 1.807) is 18.2 Å². The quantitative estimate of drug-likeness (QED) is 0.123. The summed E-state index contributed by atoms with van der Waals surface area (Å²) in [6.45, 7) is 4.30. The van der Waals surface area contributed by atoms with E-state index in [0.717, 1.165) is 66.5 Å². The predicted molar refractivity (Wildman–Crippen MR) is 188 cm³/mol. The van der Waals surface area contributed by atoms with Crippen molar-refractivity contribution in [2.24, 2.45) is 17.8 Å². The molecule has 248 valence electrons. The van der Waals surface area contributed by atoms with Crippen LogP contribution in [0, 0.1) is 35.2 Å². The molecule has 0 bridgehead atoms. The zero-order valence-corrected chi connectivity index (χ0v) is 28.3. The Bertz CT molecular complexity index is 1390. The van der Waals surface area contributed by atoms with Crippen molar-refractivity contribution in [2.75, 3.05) is 0 Å². The Morgan fingerprint density at radius 3 is 1.96 bits per heavy atom. The number of rotatable bonds is 14. The lowest BCUT2D eigenvalue weighted by molar-refractivity contribution is 0.156. The van der Waals surface area contributed by atoms with Crippen molar-refractivity contribution >= 4 is 0 Å². The lowest BCUT2D eigenvalue weighted by atomic mass is 9.68. The molecule has 3 heteroatoms. The van der Waals surface area contributed by atoms with Gasteiger partial charge in [-0.15, -0.1) is 0 Å². The Hall–Kier alpha value is -2.81. The van der Waals surface area contributed by atoms with E-state index in [0.29, 0.717) is 23.5 Å². The first-order valence-electron chi connectivity index (χ1n) is 18.5. The van der Waals surface area contributed by atoms with Crippen molar-refractivity contribution in [2.45, 2.75) is 129 Å². The number of hydrogen-bond acceptors (Lipinski definition) is 0. The molecule has 0 nitrogen and oxygen atoms in total. The van der Waals surface area contributed by atoms with Gasteiger partial charge < -0.3 is 0 Å². The molecule has 3 aromatic rings. The van der Waals surface area contributed by atoms with Crippen molar-refractivity contribution in [3.63, 3.8) is 0 Å². The summed E-state index contributed by atoms with van der Waals surface area (Å²) >= 11 is 0. The topological polar surface area (TPSA) is 0 Å². The first-order chi connectivity index (χ1) is 22.5. The highest BCUT2D eigenvalue weighted by molar-refractivity contribution is 5.71. The Labute approximate surface area is 276 Å². The number of benzene rings is 3. The molecular weight excluding hydrogens is 573 g/mol. The molecule has 0 aliphatic heterocycles. The summed E-state index contributed by atoms with van der Waals surface area (Å²) < 4.78 is 45.5. The number of allylic oxidation sites excluding steroid dienone is 2. The first-order valence-corrected chi connectivity index (χ1v) is 18.5. The van der Waals surface area contributed by atoms with Gasteiger partial charge in [-0.3, -0.25) is 0 Å². The highest BCUT2D eigenvalue weighted by atomic mass is 19.2. The van der Waals surface area contributed by atoms with E-state index < -0.39 is 11.6 Å². The predicted octanol–water partition coefficient (Wildman–Crippen LogP) is 13.8. The molecule has 0 aromatic heterocycles. The van der Waals surface area contributed by atoms with Gasteiger partial charge in [0.25, 0.3) is 0 Å². The van der Waals surface area contributed by atoms with Crippen molar-refractivity contribution in [3.05, 3.63) is 95.3 Å². The summed E-state index contributed by atoms with van der Waals surface area (Å²) in [6.07, 6.45) is 24.4. The molecule has 0 N–H and O–H groups in total. The third-order valence-electron chi connectivity index (χ3n) is 11.2. The summed E-state index contributed by atoms with van der Waals surface area (Å²) in [5, 5.41) is 0. The molecule has 0 spiro atoms. The van der Waals surface area contributed by atoms with Gasteiger partial charge in [0.2, 0.25) is 0 Å².